The molecule has 0 spiro atoms. The molecule has 1 saturated heterocycles. The molecule has 2 heterocycles. The molecule has 1 fully saturated rings. The molecule has 0 saturated carbocycles. The maximum atomic E-state index is 12.4. The highest BCUT2D eigenvalue weighted by atomic mass is 31.3. The predicted octanol–water partition coefficient (Wildman–Crippen LogP) is -1.44. The smallest absolute Gasteiger partial charge is 0.387 e. The Morgan fingerprint density at radius 2 is 1.79 bits per heavy atom. The summed E-state index contributed by atoms with van der Waals surface area (Å²) in [6.45, 7) is 3.79. The van der Waals surface area contributed by atoms with Crippen LogP contribution >= 0.6 is 23.5 Å². The van der Waals surface area contributed by atoms with Crippen molar-refractivity contribution in [1.82, 2.24) is 9.55 Å². The number of aliphatic hydroxyl groups excluding tert-OH is 1. The average Bonchev–Trinajstić information content (AvgIpc) is 2.83. The summed E-state index contributed by atoms with van der Waals surface area (Å²) in [5, 5.41) is 10.8. The van der Waals surface area contributed by atoms with Crippen molar-refractivity contribution in [3.63, 3.8) is 0 Å². The fraction of sp³-hybridized carbons (Fsp3) is 0.571. The first-order valence-corrected chi connectivity index (χ1v) is 13.5. The lowest BCUT2D eigenvalue weighted by Crippen LogP contribution is -2.56. The molecule has 34 heavy (non-hydrogen) atoms. The summed E-state index contributed by atoms with van der Waals surface area (Å²) in [4.78, 5) is 62.1. The van der Waals surface area contributed by atoms with E-state index in [1.54, 1.807) is 0 Å². The van der Waals surface area contributed by atoms with Crippen molar-refractivity contribution >= 4 is 23.5 Å². The highest BCUT2D eigenvalue weighted by Gasteiger charge is 2.57. The van der Waals surface area contributed by atoms with E-state index in [1.807, 2.05) is 4.98 Å². The first-order valence-electron chi connectivity index (χ1n) is 9.03. The van der Waals surface area contributed by atoms with Gasteiger partial charge in [0.15, 0.2) is 11.8 Å². The molecule has 0 radical (unpaired) electrons. The van der Waals surface area contributed by atoms with Gasteiger partial charge in [0, 0.05) is 11.8 Å². The Balaban J connectivity index is 2.37. The van der Waals surface area contributed by atoms with Crippen molar-refractivity contribution in [2.45, 2.75) is 50.8 Å². The highest BCUT2D eigenvalue weighted by molar-refractivity contribution is 7.66. The van der Waals surface area contributed by atoms with Gasteiger partial charge in [-0.25, -0.2) is 18.5 Å². The SMILES string of the molecule is CC#CC1(N)[C@@H](O)[C@@H]([C@H](C)OP(=O)(O)OP(=O)(O)OP(=O)(O)O)O[C@H]1n1c(C)cc(=O)[nH]c1=O. The summed E-state index contributed by atoms with van der Waals surface area (Å²) in [6.07, 6.45) is -6.62. The molecule has 0 amide bonds. The summed E-state index contributed by atoms with van der Waals surface area (Å²) in [7, 11) is -17.0. The summed E-state index contributed by atoms with van der Waals surface area (Å²) in [5.74, 6) is 4.95. The van der Waals surface area contributed by atoms with E-state index >= 15 is 0 Å². The van der Waals surface area contributed by atoms with Gasteiger partial charge in [0.2, 0.25) is 0 Å². The Bertz CT molecular complexity index is 1260. The minimum absolute atomic E-state index is 0.0693. The molecule has 7 atom stereocenters. The Morgan fingerprint density at radius 1 is 1.21 bits per heavy atom. The Kier molecular flexibility index (Phi) is 8.36. The molecule has 20 heteroatoms. The number of nitrogens with zero attached hydrogens (tertiary/aromatic N) is 1. The monoisotopic (exact) mass is 549 g/mol. The third-order valence-corrected chi connectivity index (χ3v) is 8.34. The van der Waals surface area contributed by atoms with Gasteiger partial charge in [-0.2, -0.15) is 8.62 Å². The van der Waals surface area contributed by atoms with Crippen LogP contribution in [0.3, 0.4) is 0 Å². The first-order chi connectivity index (χ1) is 15.3. The second kappa shape index (κ2) is 9.88. The molecule has 1 aromatic rings. The number of nitrogens with one attached hydrogen (secondary N) is 1. The number of hydrogen-bond acceptors (Lipinski definition) is 11. The van der Waals surface area contributed by atoms with Crippen LogP contribution < -0.4 is 17.0 Å². The van der Waals surface area contributed by atoms with Crippen LogP contribution in [0.5, 0.6) is 0 Å². The zero-order valence-corrected chi connectivity index (χ0v) is 20.3. The molecular formula is C14H22N3O14P3. The maximum absolute atomic E-state index is 12.4. The Morgan fingerprint density at radius 3 is 2.29 bits per heavy atom. The topological polar surface area (TPSA) is 270 Å². The standard InChI is InChI=1S/C14H22N3O14P3/c1-4-5-14(15)11(19)10(28-12(14)17-7(2)6-9(18)16-13(17)20)8(3)29-33(24,25)31-34(26,27)30-32(21,22)23/h6,8,10-12,19H,15H2,1-3H3,(H,24,25)(H,26,27)(H,16,18,20)(H2,21,22,23)/t8-,10+,11-,12+,14?/m0/s1. The number of aliphatic hydroxyl groups is 1. The molecule has 17 nitrogen and oxygen atoms in total. The fourth-order valence-electron chi connectivity index (χ4n) is 3.23. The number of aromatic nitrogens is 2. The number of aromatic amines is 1. The van der Waals surface area contributed by atoms with Crippen LogP contribution in [-0.4, -0.2) is 58.1 Å². The van der Waals surface area contributed by atoms with Crippen LogP contribution in [0, 0.1) is 18.8 Å². The number of H-pyrrole nitrogens is 1. The second-order valence-electron chi connectivity index (χ2n) is 7.06. The van der Waals surface area contributed by atoms with E-state index in [9.17, 15) is 38.2 Å². The van der Waals surface area contributed by atoms with Crippen molar-refractivity contribution in [3.8, 4) is 11.8 Å². The molecule has 2 rings (SSSR count). The van der Waals surface area contributed by atoms with E-state index in [0.717, 1.165) is 17.6 Å². The third kappa shape index (κ3) is 6.60. The molecule has 0 aliphatic carbocycles. The summed E-state index contributed by atoms with van der Waals surface area (Å²) in [5.41, 5.74) is 2.59. The first kappa shape index (κ1) is 28.8. The van der Waals surface area contributed by atoms with Crippen LogP contribution in [0.2, 0.25) is 0 Å². The maximum Gasteiger partial charge on any atom is 0.490 e. The van der Waals surface area contributed by atoms with Crippen molar-refractivity contribution in [1.29, 1.82) is 0 Å². The molecule has 1 aliphatic rings. The van der Waals surface area contributed by atoms with E-state index < -0.39 is 64.8 Å². The van der Waals surface area contributed by atoms with Gasteiger partial charge in [-0.3, -0.25) is 18.9 Å². The fourth-order valence-corrected chi connectivity index (χ4v) is 6.43. The van der Waals surface area contributed by atoms with Gasteiger partial charge in [0.1, 0.15) is 12.2 Å². The minimum Gasteiger partial charge on any atom is -0.387 e. The van der Waals surface area contributed by atoms with Crippen LogP contribution in [0.1, 0.15) is 25.8 Å². The molecule has 0 aromatic carbocycles. The normalized spacial score (nSPS) is 29.5. The van der Waals surface area contributed by atoms with E-state index in [0.29, 0.717) is 0 Å². The van der Waals surface area contributed by atoms with Gasteiger partial charge < -0.3 is 35.2 Å². The molecule has 1 aromatic heterocycles. The lowest BCUT2D eigenvalue weighted by molar-refractivity contribution is -0.0760. The van der Waals surface area contributed by atoms with Gasteiger partial charge in [0.05, 0.1) is 6.10 Å². The van der Waals surface area contributed by atoms with Crippen LogP contribution in [-0.2, 0) is 31.6 Å². The molecule has 3 unspecified atom stereocenters. The Labute approximate surface area is 190 Å². The molecule has 0 bridgehead atoms. The number of ether oxygens (including phenoxy) is 1. The van der Waals surface area contributed by atoms with E-state index in [-0.39, 0.29) is 5.69 Å². The number of hydrogen-bond donors (Lipinski definition) is 7. The van der Waals surface area contributed by atoms with Crippen molar-refractivity contribution in [2.24, 2.45) is 5.73 Å². The minimum atomic E-state index is -5.78. The van der Waals surface area contributed by atoms with Crippen LogP contribution in [0.15, 0.2) is 15.7 Å². The largest absolute Gasteiger partial charge is 0.490 e. The lowest BCUT2D eigenvalue weighted by Gasteiger charge is -2.29. The van der Waals surface area contributed by atoms with Gasteiger partial charge >= 0.3 is 29.2 Å². The third-order valence-electron chi connectivity index (χ3n) is 4.42. The summed E-state index contributed by atoms with van der Waals surface area (Å²) >= 11 is 0. The Hall–Kier alpha value is -1.47. The van der Waals surface area contributed by atoms with E-state index in [4.69, 9.17) is 20.3 Å². The zero-order chi connectivity index (χ0) is 26.3. The van der Waals surface area contributed by atoms with Gasteiger partial charge in [0.25, 0.3) is 5.56 Å². The van der Waals surface area contributed by atoms with Gasteiger partial charge in [-0.1, -0.05) is 5.92 Å². The molecule has 1 aliphatic heterocycles. The number of nitrogens with two attached hydrogens (primary N) is 1. The zero-order valence-electron chi connectivity index (χ0n) is 17.7. The second-order valence-corrected chi connectivity index (χ2v) is 11.4. The molecule has 192 valence electrons. The number of aryl methyl sites for hydroxylation is 1. The molecular weight excluding hydrogens is 527 g/mol. The summed E-state index contributed by atoms with van der Waals surface area (Å²) in [6, 6.07) is 1.04. The van der Waals surface area contributed by atoms with Crippen LogP contribution in [0.25, 0.3) is 0 Å². The average molecular weight is 549 g/mol. The van der Waals surface area contributed by atoms with Crippen LogP contribution in [0.4, 0.5) is 0 Å². The highest BCUT2D eigenvalue weighted by Crippen LogP contribution is 2.66. The van der Waals surface area contributed by atoms with Crippen molar-refractivity contribution in [2.75, 3.05) is 0 Å². The van der Waals surface area contributed by atoms with Crippen molar-refractivity contribution in [3.05, 3.63) is 32.6 Å². The van der Waals surface area contributed by atoms with Gasteiger partial charge in [-0.15, -0.1) is 5.92 Å². The quantitative estimate of drug-likeness (QED) is 0.144. The predicted molar refractivity (Wildman–Crippen MR) is 111 cm³/mol. The number of phosphoric ester groups is 1. The summed E-state index contributed by atoms with van der Waals surface area (Å²) < 4.78 is 52.8. The number of rotatable bonds is 8. The van der Waals surface area contributed by atoms with Crippen molar-refractivity contribution < 1.29 is 56.3 Å². The van der Waals surface area contributed by atoms with E-state index in [1.165, 1.54) is 13.8 Å². The lowest BCUT2D eigenvalue weighted by atomic mass is 9.90. The van der Waals surface area contributed by atoms with Gasteiger partial charge in [-0.05, 0) is 20.8 Å². The number of phosphoric acid groups is 3. The molecule has 8 N–H and O–H groups in total. The van der Waals surface area contributed by atoms with E-state index in [2.05, 4.69) is 25.0 Å².